The highest BCUT2D eigenvalue weighted by Gasteiger charge is 2.30. The Balaban J connectivity index is 0.000000147. The van der Waals surface area contributed by atoms with Crippen molar-refractivity contribution in [2.75, 3.05) is 48.3 Å². The molecule has 0 saturated heterocycles. The van der Waals surface area contributed by atoms with Crippen LogP contribution in [0.1, 0.15) is 157 Å². The molecule has 32 heteroatoms. The lowest BCUT2D eigenvalue weighted by Gasteiger charge is -2.19. The van der Waals surface area contributed by atoms with Gasteiger partial charge in [0.25, 0.3) is 35.0 Å². The standard InChI is InChI=1S/C23H23N7O2.C22H17N7O4.C18H17N7O4.C10H15N/c1-23(2,3)20-28-21(24-14-6-4-12-8-18(31)26-16(12)10-14)30-22(29-20)25-15-7-5-13-9-19(32)27-17(13)11-15;1-9(2)16-25-21(23-10-3-5-12-14(7-10)19(32)27-17(12)30)29-22(26-16)24-11-4-6-13-15(8-11)20(33)28-18(13)31;1-11(2)16-21-17(19-12-3-7-14(8-4-12)24(26)27)23-18(22-16)20-13-5-9-15(10-6-13)25(28)29;1-10(2,3)8-4-6-9(11)7-5-8/h4-7,10-11H,8-9H2,1-3H3,(H,26,31)(H,27,32)(H2,24,25,28,29,30);3-9H,1-2H3,(H,27,30,32)(H,28,31,33)(H2,23,24,25,26,29);3-11H,1-2H3,(H2,19,20,21,22,23);4-7H,11H2,1-3H3. The minimum absolute atomic E-state index is 0.00986. The Hall–Kier alpha value is -13.8. The number of benzene rings is 7. The summed E-state index contributed by atoms with van der Waals surface area (Å²) in [6.45, 7) is 20.4. The zero-order chi connectivity index (χ0) is 75.2. The number of anilines is 15. The van der Waals surface area contributed by atoms with Gasteiger partial charge in [0.1, 0.15) is 17.5 Å². The van der Waals surface area contributed by atoms with E-state index in [0.29, 0.717) is 76.1 Å². The summed E-state index contributed by atoms with van der Waals surface area (Å²) >= 11 is 0. The molecule has 7 aromatic carbocycles. The molecule has 0 unspecified atom stereocenters. The minimum atomic E-state index is -0.476. The molecule has 0 atom stereocenters. The van der Waals surface area contributed by atoms with E-state index in [-0.39, 0.29) is 80.8 Å². The maximum atomic E-state index is 11.9. The van der Waals surface area contributed by atoms with E-state index in [1.807, 2.05) is 97.0 Å². The lowest BCUT2D eigenvalue weighted by Crippen LogP contribution is -2.19. The van der Waals surface area contributed by atoms with E-state index in [0.717, 1.165) is 39.6 Å². The molecule has 6 amide bonds. The van der Waals surface area contributed by atoms with Gasteiger partial charge in [0, 0.05) is 92.7 Å². The van der Waals surface area contributed by atoms with Crippen molar-refractivity contribution < 1.29 is 38.6 Å². The number of nitrogens with one attached hydrogen (secondary N) is 10. The Morgan fingerprint density at radius 2 is 0.695 bits per heavy atom. The molecule has 0 aliphatic carbocycles. The van der Waals surface area contributed by atoms with Crippen LogP contribution in [-0.2, 0) is 33.3 Å². The lowest BCUT2D eigenvalue weighted by molar-refractivity contribution is -0.385. The SMILES string of the molecule is CC(C)(C)c1ccc(N)cc1.CC(C)(C)c1nc(Nc2ccc3c(c2)NC(=O)C3)nc(Nc2ccc3c(c2)NC(=O)C3)n1.CC(C)c1nc(Nc2ccc([N+](=O)[O-])cc2)nc(Nc2ccc([N+](=O)[O-])cc2)n1.CC(C)c1nc(Nc2ccc3c(c2)C(=O)NC3=O)nc(Nc2ccc3c(c2)C(=O)NC3=O)n1. The van der Waals surface area contributed by atoms with Crippen LogP contribution in [0.25, 0.3) is 0 Å². The van der Waals surface area contributed by atoms with E-state index < -0.39 is 33.5 Å². The van der Waals surface area contributed by atoms with Crippen LogP contribution in [0.15, 0.2) is 146 Å². The van der Waals surface area contributed by atoms with Crippen LogP contribution in [-0.4, -0.2) is 90.1 Å². The number of fused-ring (bicyclic) bond motifs is 4. The minimum Gasteiger partial charge on any atom is -0.399 e. The molecule has 4 aliphatic heterocycles. The first-order valence-corrected chi connectivity index (χ1v) is 32.9. The summed E-state index contributed by atoms with van der Waals surface area (Å²) in [5, 5.41) is 50.3. The van der Waals surface area contributed by atoms with Crippen molar-refractivity contribution in [3.05, 3.63) is 222 Å². The highest BCUT2D eigenvalue weighted by molar-refractivity contribution is 6.22. The molecule has 0 radical (unpaired) electrons. The van der Waals surface area contributed by atoms with Crippen LogP contribution in [0, 0.1) is 20.2 Å². The fourth-order valence-corrected chi connectivity index (χ4v) is 10.5. The number of nitro groups is 2. The van der Waals surface area contributed by atoms with Crippen LogP contribution in [0.3, 0.4) is 0 Å². The van der Waals surface area contributed by atoms with Crippen LogP contribution in [0.2, 0.25) is 0 Å². The van der Waals surface area contributed by atoms with Gasteiger partial charge in [0.15, 0.2) is 0 Å². The van der Waals surface area contributed by atoms with E-state index in [9.17, 15) is 49.0 Å². The van der Waals surface area contributed by atoms with Gasteiger partial charge >= 0.3 is 0 Å². The molecule has 105 heavy (non-hydrogen) atoms. The maximum absolute atomic E-state index is 11.9. The Bertz CT molecular complexity index is 4840. The summed E-state index contributed by atoms with van der Waals surface area (Å²) in [7, 11) is 0. The number of carbonyl (C=O) groups excluding carboxylic acids is 6. The zero-order valence-electron chi connectivity index (χ0n) is 58.5. The quantitative estimate of drug-likeness (QED) is 0.0185. The average molecular weight is 1420 g/mol. The van der Waals surface area contributed by atoms with Crippen LogP contribution in [0.5, 0.6) is 0 Å². The van der Waals surface area contributed by atoms with Crippen molar-refractivity contribution >= 4 is 134 Å². The van der Waals surface area contributed by atoms with Gasteiger partial charge in [0.05, 0.1) is 44.9 Å². The Morgan fingerprint density at radius 1 is 0.381 bits per heavy atom. The largest absolute Gasteiger partial charge is 0.399 e. The van der Waals surface area contributed by atoms with Crippen LogP contribution >= 0.6 is 0 Å². The topological polar surface area (TPSA) is 451 Å². The number of nitrogen functional groups attached to an aromatic ring is 1. The normalized spacial score (nSPS) is 13.0. The van der Waals surface area contributed by atoms with Crippen molar-refractivity contribution in [2.45, 2.75) is 105 Å². The first-order chi connectivity index (χ1) is 49.8. The molecule has 0 spiro atoms. The highest BCUT2D eigenvalue weighted by atomic mass is 16.6. The van der Waals surface area contributed by atoms with E-state index >= 15 is 0 Å². The second-order valence-corrected chi connectivity index (χ2v) is 27.1. The molecule has 7 heterocycles. The van der Waals surface area contributed by atoms with Crippen molar-refractivity contribution in [3.63, 3.8) is 0 Å². The molecular weight excluding hydrogens is 1340 g/mol. The number of nitrogens with two attached hydrogens (primary N) is 1. The third-order valence-corrected chi connectivity index (χ3v) is 16.1. The fourth-order valence-electron chi connectivity index (χ4n) is 10.5. The summed E-state index contributed by atoms with van der Waals surface area (Å²) in [4.78, 5) is 131. The lowest BCUT2D eigenvalue weighted by atomic mass is 9.87. The van der Waals surface area contributed by atoms with Gasteiger partial charge < -0.3 is 48.3 Å². The molecule has 0 saturated carbocycles. The van der Waals surface area contributed by atoms with Crippen molar-refractivity contribution in [1.82, 2.24) is 55.5 Å². The highest BCUT2D eigenvalue weighted by Crippen LogP contribution is 2.33. The van der Waals surface area contributed by atoms with Crippen molar-refractivity contribution in [3.8, 4) is 0 Å². The number of hydrogen-bond acceptors (Lipinski definition) is 26. The summed E-state index contributed by atoms with van der Waals surface area (Å²) in [5.41, 5.74) is 16.1. The molecule has 0 bridgehead atoms. The smallest absolute Gasteiger partial charge is 0.269 e. The summed E-state index contributed by atoms with van der Waals surface area (Å²) in [6, 6.07) is 40.7. The predicted octanol–water partition coefficient (Wildman–Crippen LogP) is 12.8. The van der Waals surface area contributed by atoms with Crippen LogP contribution in [0.4, 0.5) is 98.3 Å². The zero-order valence-corrected chi connectivity index (χ0v) is 58.5. The third-order valence-electron chi connectivity index (χ3n) is 16.1. The molecular formula is C73H72N22O10. The number of nitro benzene ring substituents is 2. The summed E-state index contributed by atoms with van der Waals surface area (Å²) in [6.07, 6.45) is 0.787. The second kappa shape index (κ2) is 30.2. The second-order valence-electron chi connectivity index (χ2n) is 27.1. The summed E-state index contributed by atoms with van der Waals surface area (Å²) in [5.74, 6) is 1.67. The molecule has 534 valence electrons. The number of aromatic nitrogens is 9. The Kier molecular flexibility index (Phi) is 20.8. The number of nitrogens with zero attached hydrogens (tertiary/aromatic N) is 11. The van der Waals surface area contributed by atoms with Gasteiger partial charge in [-0.15, -0.1) is 0 Å². The first-order valence-electron chi connectivity index (χ1n) is 32.9. The number of carbonyl (C=O) groups is 6. The van der Waals surface area contributed by atoms with Gasteiger partial charge in [0.2, 0.25) is 47.5 Å². The van der Waals surface area contributed by atoms with Crippen molar-refractivity contribution in [2.24, 2.45) is 0 Å². The van der Waals surface area contributed by atoms with Gasteiger partial charge in [-0.05, 0) is 119 Å². The number of non-ortho nitro benzene ring substituents is 2. The molecule has 4 aliphatic rings. The van der Waals surface area contributed by atoms with Gasteiger partial charge in [-0.2, -0.15) is 44.9 Å². The molecule has 32 nitrogen and oxygen atoms in total. The van der Waals surface area contributed by atoms with E-state index in [1.165, 1.54) is 29.8 Å². The van der Waals surface area contributed by atoms with Crippen LogP contribution < -0.4 is 58.9 Å². The molecule has 10 aromatic rings. The number of amides is 6. The number of rotatable bonds is 16. The number of hydrogen-bond donors (Lipinski definition) is 11. The maximum Gasteiger partial charge on any atom is 0.269 e. The number of imide groups is 2. The first kappa shape index (κ1) is 72.4. The Morgan fingerprint density at radius 3 is 1.03 bits per heavy atom. The van der Waals surface area contributed by atoms with E-state index in [2.05, 4.69) is 131 Å². The Labute approximate surface area is 600 Å². The van der Waals surface area contributed by atoms with E-state index in [4.69, 9.17) is 5.73 Å². The van der Waals surface area contributed by atoms with Gasteiger partial charge in [-0.1, -0.05) is 93.5 Å². The van der Waals surface area contributed by atoms with Gasteiger partial charge in [-0.3, -0.25) is 59.6 Å². The fraction of sp³-hybridized carbons (Fsp3) is 0.219. The molecule has 14 rings (SSSR count). The summed E-state index contributed by atoms with van der Waals surface area (Å²) < 4.78 is 0. The molecule has 12 N–H and O–H groups in total. The van der Waals surface area contributed by atoms with Gasteiger partial charge in [-0.25, -0.2) is 0 Å². The predicted molar refractivity (Wildman–Crippen MR) is 396 cm³/mol. The van der Waals surface area contributed by atoms with Crippen molar-refractivity contribution in [1.29, 1.82) is 0 Å². The average Bonchev–Trinajstić information content (AvgIpc) is 1.61. The van der Waals surface area contributed by atoms with E-state index in [1.54, 1.807) is 60.7 Å². The molecule has 0 fully saturated rings. The monoisotopic (exact) mass is 1420 g/mol. The molecule has 3 aromatic heterocycles. The third kappa shape index (κ3) is 18.2.